The lowest BCUT2D eigenvalue weighted by molar-refractivity contribution is 1.12. The number of hydrogen-bond acceptors (Lipinski definition) is 0. The smallest absolute Gasteiger partial charge is 0.0849 e. The molecule has 0 spiro atoms. The van der Waals surface area contributed by atoms with Gasteiger partial charge >= 0.3 is 0 Å². The Morgan fingerprint density at radius 1 is 0.889 bits per heavy atom. The van der Waals surface area contributed by atoms with Crippen molar-refractivity contribution in [2.45, 2.75) is 26.1 Å². The van der Waals surface area contributed by atoms with Gasteiger partial charge in [0.2, 0.25) is 0 Å². The lowest BCUT2D eigenvalue weighted by Gasteiger charge is -2.15. The summed E-state index contributed by atoms with van der Waals surface area (Å²) in [5, 5.41) is 0.562. The van der Waals surface area contributed by atoms with Gasteiger partial charge in [-0.3, -0.25) is 0 Å². The summed E-state index contributed by atoms with van der Waals surface area (Å²) < 4.78 is 0. The minimum absolute atomic E-state index is 0.198. The van der Waals surface area contributed by atoms with Gasteiger partial charge in [-0.2, -0.15) is 0 Å². The first-order valence-corrected chi connectivity index (χ1v) is 6.78. The number of hydrogen-bond donors (Lipinski definition) is 0. The highest BCUT2D eigenvalue weighted by molar-refractivity contribution is 6.33. The van der Waals surface area contributed by atoms with E-state index in [1.807, 2.05) is 25.1 Å². The molecule has 0 saturated carbocycles. The Morgan fingerprint density at radius 3 is 2.28 bits per heavy atom. The molecule has 94 valence electrons. The van der Waals surface area contributed by atoms with E-state index in [4.69, 9.17) is 23.2 Å². The second-order valence-electron chi connectivity index (χ2n) is 4.68. The van der Waals surface area contributed by atoms with Crippen LogP contribution in [0.2, 0.25) is 5.02 Å². The predicted octanol–water partition coefficient (Wildman–Crippen LogP) is 5.59. The van der Waals surface area contributed by atoms with Gasteiger partial charge in [0.1, 0.15) is 0 Å². The van der Waals surface area contributed by atoms with Gasteiger partial charge in [0, 0.05) is 5.02 Å². The molecule has 0 bridgehead atoms. The second kappa shape index (κ2) is 5.34. The highest BCUT2D eigenvalue weighted by Crippen LogP contribution is 2.35. The standard InChI is InChI=1S/C16H16Cl2/c1-10-7-8-13(9-12(10)3)16(18)14-6-4-5-11(2)15(14)17/h4-9,16H,1-3H3. The summed E-state index contributed by atoms with van der Waals surface area (Å²) in [6.45, 7) is 6.19. The van der Waals surface area contributed by atoms with Gasteiger partial charge in [-0.05, 0) is 48.6 Å². The van der Waals surface area contributed by atoms with Crippen LogP contribution >= 0.6 is 23.2 Å². The van der Waals surface area contributed by atoms with E-state index in [9.17, 15) is 0 Å². The fourth-order valence-corrected chi connectivity index (χ4v) is 2.58. The number of aryl methyl sites for hydroxylation is 3. The van der Waals surface area contributed by atoms with Crippen LogP contribution in [0.5, 0.6) is 0 Å². The maximum atomic E-state index is 6.55. The molecule has 0 aliphatic rings. The van der Waals surface area contributed by atoms with Crippen LogP contribution < -0.4 is 0 Å². The van der Waals surface area contributed by atoms with Gasteiger partial charge in [0.25, 0.3) is 0 Å². The van der Waals surface area contributed by atoms with E-state index in [1.54, 1.807) is 0 Å². The molecule has 0 amide bonds. The molecule has 2 aromatic carbocycles. The summed E-state index contributed by atoms with van der Waals surface area (Å²) in [6.07, 6.45) is 0. The summed E-state index contributed by atoms with van der Waals surface area (Å²) in [5.41, 5.74) is 5.65. The van der Waals surface area contributed by atoms with Crippen molar-refractivity contribution in [2.75, 3.05) is 0 Å². The summed E-state index contributed by atoms with van der Waals surface area (Å²) in [7, 11) is 0. The molecule has 0 fully saturated rings. The molecule has 0 radical (unpaired) electrons. The van der Waals surface area contributed by atoms with Crippen molar-refractivity contribution in [3.05, 3.63) is 69.2 Å². The third-order valence-electron chi connectivity index (χ3n) is 3.32. The Kier molecular flexibility index (Phi) is 3.99. The number of benzene rings is 2. The van der Waals surface area contributed by atoms with Crippen molar-refractivity contribution in [3.8, 4) is 0 Å². The maximum Gasteiger partial charge on any atom is 0.0849 e. The molecular formula is C16H16Cl2. The highest BCUT2D eigenvalue weighted by atomic mass is 35.5. The fourth-order valence-electron chi connectivity index (χ4n) is 1.97. The molecule has 2 heteroatoms. The molecule has 0 nitrogen and oxygen atoms in total. The predicted molar refractivity (Wildman–Crippen MR) is 79.8 cm³/mol. The lowest BCUT2D eigenvalue weighted by Crippen LogP contribution is -1.97. The van der Waals surface area contributed by atoms with Crippen LogP contribution in [0.15, 0.2) is 36.4 Å². The largest absolute Gasteiger partial charge is 0.113 e. The number of halogens is 2. The summed E-state index contributed by atoms with van der Waals surface area (Å²) >= 11 is 12.9. The molecule has 2 aromatic rings. The molecule has 1 atom stereocenters. The van der Waals surface area contributed by atoms with E-state index in [-0.39, 0.29) is 5.38 Å². The molecule has 0 N–H and O–H groups in total. The summed E-state index contributed by atoms with van der Waals surface area (Å²) in [5.74, 6) is 0. The fraction of sp³-hybridized carbons (Fsp3) is 0.250. The Morgan fingerprint density at radius 2 is 1.61 bits per heavy atom. The van der Waals surface area contributed by atoms with Crippen LogP contribution in [-0.2, 0) is 0 Å². The Bertz CT molecular complexity index is 573. The average molecular weight is 279 g/mol. The van der Waals surface area contributed by atoms with Crippen molar-refractivity contribution < 1.29 is 0 Å². The van der Waals surface area contributed by atoms with E-state index in [0.29, 0.717) is 0 Å². The zero-order valence-corrected chi connectivity index (χ0v) is 12.3. The lowest BCUT2D eigenvalue weighted by atomic mass is 9.99. The van der Waals surface area contributed by atoms with Gasteiger partial charge in [0.05, 0.1) is 5.38 Å². The van der Waals surface area contributed by atoms with Crippen molar-refractivity contribution in [3.63, 3.8) is 0 Å². The van der Waals surface area contributed by atoms with Gasteiger partial charge in [0.15, 0.2) is 0 Å². The number of alkyl halides is 1. The summed E-state index contributed by atoms with van der Waals surface area (Å²) in [6, 6.07) is 12.3. The molecule has 0 heterocycles. The van der Waals surface area contributed by atoms with Crippen molar-refractivity contribution in [2.24, 2.45) is 0 Å². The first-order chi connectivity index (χ1) is 8.50. The van der Waals surface area contributed by atoms with E-state index < -0.39 is 0 Å². The molecule has 0 aliphatic heterocycles. The Balaban J connectivity index is 2.44. The van der Waals surface area contributed by atoms with Crippen LogP contribution in [0.4, 0.5) is 0 Å². The highest BCUT2D eigenvalue weighted by Gasteiger charge is 2.15. The van der Waals surface area contributed by atoms with Crippen LogP contribution in [0.1, 0.15) is 33.2 Å². The topological polar surface area (TPSA) is 0 Å². The van der Waals surface area contributed by atoms with E-state index in [2.05, 4.69) is 32.0 Å². The molecule has 2 rings (SSSR count). The molecule has 0 aromatic heterocycles. The van der Waals surface area contributed by atoms with E-state index in [1.165, 1.54) is 11.1 Å². The van der Waals surface area contributed by atoms with Crippen LogP contribution in [0.25, 0.3) is 0 Å². The summed E-state index contributed by atoms with van der Waals surface area (Å²) in [4.78, 5) is 0. The van der Waals surface area contributed by atoms with Crippen LogP contribution in [0.3, 0.4) is 0 Å². The van der Waals surface area contributed by atoms with Gasteiger partial charge in [-0.1, -0.05) is 48.0 Å². The second-order valence-corrected chi connectivity index (χ2v) is 5.50. The zero-order valence-electron chi connectivity index (χ0n) is 10.8. The Labute approximate surface area is 119 Å². The first kappa shape index (κ1) is 13.5. The van der Waals surface area contributed by atoms with Crippen molar-refractivity contribution in [1.29, 1.82) is 0 Å². The monoisotopic (exact) mass is 278 g/mol. The molecule has 1 unspecified atom stereocenters. The number of rotatable bonds is 2. The van der Waals surface area contributed by atoms with E-state index >= 15 is 0 Å². The molecule has 18 heavy (non-hydrogen) atoms. The SMILES string of the molecule is Cc1ccc(C(Cl)c2cccc(C)c2Cl)cc1C. The normalized spacial score (nSPS) is 12.5. The zero-order chi connectivity index (χ0) is 13.3. The minimum atomic E-state index is -0.198. The average Bonchev–Trinajstić information content (AvgIpc) is 2.35. The van der Waals surface area contributed by atoms with Gasteiger partial charge in [-0.25, -0.2) is 0 Å². The van der Waals surface area contributed by atoms with E-state index in [0.717, 1.165) is 21.7 Å². The third kappa shape index (κ3) is 2.55. The third-order valence-corrected chi connectivity index (χ3v) is 4.32. The molecule has 0 saturated heterocycles. The Hall–Kier alpha value is -0.980. The molecule has 0 aliphatic carbocycles. The van der Waals surface area contributed by atoms with Gasteiger partial charge < -0.3 is 0 Å². The van der Waals surface area contributed by atoms with Gasteiger partial charge in [-0.15, -0.1) is 11.6 Å². The molecular weight excluding hydrogens is 263 g/mol. The van der Waals surface area contributed by atoms with Crippen LogP contribution in [0, 0.1) is 20.8 Å². The van der Waals surface area contributed by atoms with Crippen molar-refractivity contribution in [1.82, 2.24) is 0 Å². The van der Waals surface area contributed by atoms with Crippen molar-refractivity contribution >= 4 is 23.2 Å². The maximum absolute atomic E-state index is 6.55. The van der Waals surface area contributed by atoms with Crippen LogP contribution in [-0.4, -0.2) is 0 Å². The first-order valence-electron chi connectivity index (χ1n) is 5.97. The minimum Gasteiger partial charge on any atom is -0.113 e. The quantitative estimate of drug-likeness (QED) is 0.628.